The molecule has 0 radical (unpaired) electrons. The molecule has 2 aromatic carbocycles. The summed E-state index contributed by atoms with van der Waals surface area (Å²) in [6, 6.07) is 12.0. The summed E-state index contributed by atoms with van der Waals surface area (Å²) in [5.41, 5.74) is 4.29. The number of nitrogens with zero attached hydrogens (tertiary/aromatic N) is 4. The fourth-order valence-electron chi connectivity index (χ4n) is 4.10. The third-order valence-corrected chi connectivity index (χ3v) is 5.86. The number of benzene rings is 2. The first-order valence-corrected chi connectivity index (χ1v) is 11.4. The van der Waals surface area contributed by atoms with Crippen molar-refractivity contribution in [2.45, 2.75) is 20.4 Å². The van der Waals surface area contributed by atoms with Crippen molar-refractivity contribution in [3.05, 3.63) is 59.4 Å². The molecule has 0 aliphatic carbocycles. The van der Waals surface area contributed by atoms with Crippen LogP contribution in [0, 0.1) is 0 Å². The molecule has 1 aliphatic heterocycles. The minimum atomic E-state index is -0.0491. The standard InChI is InChI=1S/C26H31N5O3/c1-18(2)13-19-5-7-20(8-6-19)16-27-26(32)31-11-9-30(10-12-31)25-21-14-23(33-3)24(34-4)15-22(21)28-17-29-25/h5-8,13-15,17H,9-12,16H2,1-4H3,(H,27,32). The molecular weight excluding hydrogens is 430 g/mol. The molecule has 0 unspecified atom stereocenters. The quantitative estimate of drug-likeness (QED) is 0.595. The van der Waals surface area contributed by atoms with Crippen molar-refractivity contribution in [3.63, 3.8) is 0 Å². The van der Waals surface area contributed by atoms with Crippen LogP contribution in [0.25, 0.3) is 17.0 Å². The van der Waals surface area contributed by atoms with Crippen LogP contribution in [0.3, 0.4) is 0 Å². The molecule has 8 nitrogen and oxygen atoms in total. The Balaban J connectivity index is 1.37. The molecule has 1 fully saturated rings. The van der Waals surface area contributed by atoms with E-state index in [1.165, 1.54) is 11.1 Å². The number of urea groups is 1. The highest BCUT2D eigenvalue weighted by Gasteiger charge is 2.23. The van der Waals surface area contributed by atoms with Gasteiger partial charge in [-0.1, -0.05) is 35.9 Å². The Bertz CT molecular complexity index is 1180. The lowest BCUT2D eigenvalue weighted by atomic mass is 10.1. The predicted molar refractivity (Wildman–Crippen MR) is 134 cm³/mol. The molecule has 0 bridgehead atoms. The zero-order chi connectivity index (χ0) is 24.1. The van der Waals surface area contributed by atoms with Crippen LogP contribution in [0.5, 0.6) is 11.5 Å². The van der Waals surface area contributed by atoms with Crippen LogP contribution in [-0.4, -0.2) is 61.3 Å². The number of methoxy groups -OCH3 is 2. The summed E-state index contributed by atoms with van der Waals surface area (Å²) >= 11 is 0. The molecule has 1 saturated heterocycles. The molecular formula is C26H31N5O3. The Morgan fingerprint density at radius 2 is 1.68 bits per heavy atom. The molecule has 0 spiro atoms. The van der Waals surface area contributed by atoms with Gasteiger partial charge in [0.25, 0.3) is 0 Å². The van der Waals surface area contributed by atoms with Gasteiger partial charge in [-0.2, -0.15) is 0 Å². The van der Waals surface area contributed by atoms with Gasteiger partial charge in [0.05, 0.1) is 19.7 Å². The topological polar surface area (TPSA) is 79.8 Å². The summed E-state index contributed by atoms with van der Waals surface area (Å²) in [6.45, 7) is 7.27. The summed E-state index contributed by atoms with van der Waals surface area (Å²) in [4.78, 5) is 25.7. The number of anilines is 1. The summed E-state index contributed by atoms with van der Waals surface area (Å²) in [7, 11) is 3.22. The Kier molecular flexibility index (Phi) is 7.15. The molecule has 1 N–H and O–H groups in total. The van der Waals surface area contributed by atoms with E-state index >= 15 is 0 Å². The second-order valence-corrected chi connectivity index (χ2v) is 8.52. The van der Waals surface area contributed by atoms with Crippen LogP contribution in [-0.2, 0) is 6.54 Å². The van der Waals surface area contributed by atoms with Gasteiger partial charge in [-0.25, -0.2) is 14.8 Å². The van der Waals surface area contributed by atoms with E-state index in [-0.39, 0.29) is 6.03 Å². The zero-order valence-corrected chi connectivity index (χ0v) is 20.2. The van der Waals surface area contributed by atoms with Crippen molar-refractivity contribution in [1.82, 2.24) is 20.2 Å². The maximum absolute atomic E-state index is 12.7. The highest BCUT2D eigenvalue weighted by molar-refractivity contribution is 5.92. The number of carbonyl (C=O) groups is 1. The maximum atomic E-state index is 12.7. The van der Waals surface area contributed by atoms with E-state index in [0.717, 1.165) is 22.3 Å². The van der Waals surface area contributed by atoms with E-state index in [0.29, 0.717) is 44.2 Å². The van der Waals surface area contributed by atoms with Gasteiger partial charge < -0.3 is 24.6 Å². The van der Waals surface area contributed by atoms with Crippen LogP contribution in [0.2, 0.25) is 0 Å². The number of hydrogen-bond acceptors (Lipinski definition) is 6. The van der Waals surface area contributed by atoms with Gasteiger partial charge in [-0.15, -0.1) is 0 Å². The number of piperazine rings is 1. The average Bonchev–Trinajstić information content (AvgIpc) is 2.86. The van der Waals surface area contributed by atoms with E-state index in [1.807, 2.05) is 17.0 Å². The Morgan fingerprint density at radius 1 is 1.00 bits per heavy atom. The van der Waals surface area contributed by atoms with Crippen molar-refractivity contribution in [2.75, 3.05) is 45.3 Å². The lowest BCUT2D eigenvalue weighted by Gasteiger charge is -2.35. The summed E-state index contributed by atoms with van der Waals surface area (Å²) in [6.07, 6.45) is 3.70. The maximum Gasteiger partial charge on any atom is 0.317 e. The number of allylic oxidation sites excluding steroid dienone is 1. The molecule has 1 aromatic heterocycles. The van der Waals surface area contributed by atoms with E-state index in [1.54, 1.807) is 20.5 Å². The van der Waals surface area contributed by atoms with Gasteiger partial charge in [0.2, 0.25) is 0 Å². The molecule has 2 amide bonds. The largest absolute Gasteiger partial charge is 0.493 e. The van der Waals surface area contributed by atoms with E-state index < -0.39 is 0 Å². The van der Waals surface area contributed by atoms with E-state index in [4.69, 9.17) is 9.47 Å². The number of amides is 2. The van der Waals surface area contributed by atoms with E-state index in [9.17, 15) is 4.79 Å². The van der Waals surface area contributed by atoms with Crippen LogP contribution < -0.4 is 19.7 Å². The van der Waals surface area contributed by atoms with Gasteiger partial charge in [0.1, 0.15) is 12.1 Å². The molecule has 1 aliphatic rings. The van der Waals surface area contributed by atoms with Crippen LogP contribution >= 0.6 is 0 Å². The van der Waals surface area contributed by atoms with Gasteiger partial charge >= 0.3 is 6.03 Å². The van der Waals surface area contributed by atoms with Crippen LogP contribution in [0.4, 0.5) is 10.6 Å². The Labute approximate surface area is 200 Å². The van der Waals surface area contributed by atoms with Crippen molar-refractivity contribution >= 4 is 28.8 Å². The lowest BCUT2D eigenvalue weighted by Crippen LogP contribution is -2.52. The lowest BCUT2D eigenvalue weighted by molar-refractivity contribution is 0.194. The Morgan fingerprint density at radius 3 is 2.32 bits per heavy atom. The van der Waals surface area contributed by atoms with Gasteiger partial charge in [-0.05, 0) is 31.0 Å². The van der Waals surface area contributed by atoms with Crippen molar-refractivity contribution in [3.8, 4) is 11.5 Å². The monoisotopic (exact) mass is 461 g/mol. The Hall–Kier alpha value is -3.81. The fourth-order valence-corrected chi connectivity index (χ4v) is 4.10. The smallest absolute Gasteiger partial charge is 0.317 e. The highest BCUT2D eigenvalue weighted by atomic mass is 16.5. The minimum Gasteiger partial charge on any atom is -0.493 e. The minimum absolute atomic E-state index is 0.0491. The second-order valence-electron chi connectivity index (χ2n) is 8.52. The molecule has 0 saturated carbocycles. The summed E-state index contributed by atoms with van der Waals surface area (Å²) in [5, 5.41) is 3.94. The van der Waals surface area contributed by atoms with Crippen LogP contribution in [0.15, 0.2) is 48.3 Å². The second kappa shape index (κ2) is 10.4. The molecule has 34 heavy (non-hydrogen) atoms. The molecule has 178 valence electrons. The normalized spacial score (nSPS) is 13.5. The molecule has 2 heterocycles. The number of carbonyl (C=O) groups excluding carboxylic acids is 1. The number of ether oxygens (including phenoxy) is 2. The average molecular weight is 462 g/mol. The van der Waals surface area contributed by atoms with Gasteiger partial charge in [-0.3, -0.25) is 0 Å². The summed E-state index contributed by atoms with van der Waals surface area (Å²) < 4.78 is 10.9. The number of hydrogen-bond donors (Lipinski definition) is 1. The van der Waals surface area contributed by atoms with Crippen molar-refractivity contribution < 1.29 is 14.3 Å². The SMILES string of the molecule is COc1cc2ncnc(N3CCN(C(=O)NCc4ccc(C=C(C)C)cc4)CC3)c2cc1OC. The van der Waals surface area contributed by atoms with Crippen molar-refractivity contribution in [1.29, 1.82) is 0 Å². The van der Waals surface area contributed by atoms with Gasteiger partial charge in [0.15, 0.2) is 11.5 Å². The van der Waals surface area contributed by atoms with Gasteiger partial charge in [0, 0.05) is 44.2 Å². The third-order valence-electron chi connectivity index (χ3n) is 5.86. The highest BCUT2D eigenvalue weighted by Crippen LogP contribution is 2.34. The number of rotatable bonds is 6. The van der Waals surface area contributed by atoms with E-state index in [2.05, 4.69) is 64.4 Å². The molecule has 8 heteroatoms. The molecule has 0 atom stereocenters. The van der Waals surface area contributed by atoms with Crippen LogP contribution in [0.1, 0.15) is 25.0 Å². The predicted octanol–water partition coefficient (Wildman–Crippen LogP) is 4.10. The number of nitrogens with one attached hydrogen (secondary N) is 1. The number of fused-ring (bicyclic) bond motifs is 1. The van der Waals surface area contributed by atoms with Crippen molar-refractivity contribution in [2.24, 2.45) is 0 Å². The number of aromatic nitrogens is 2. The summed E-state index contributed by atoms with van der Waals surface area (Å²) in [5.74, 6) is 2.10. The third kappa shape index (κ3) is 5.22. The first-order valence-electron chi connectivity index (χ1n) is 11.4. The molecule has 3 aromatic rings. The fraction of sp³-hybridized carbons (Fsp3) is 0.346. The zero-order valence-electron chi connectivity index (χ0n) is 20.2. The first-order chi connectivity index (χ1) is 16.5. The molecule has 4 rings (SSSR count). The first kappa shape index (κ1) is 23.4.